The Labute approximate surface area is 168 Å². The normalized spacial score (nSPS) is 15.6. The van der Waals surface area contributed by atoms with Gasteiger partial charge in [-0.1, -0.05) is 11.3 Å². The van der Waals surface area contributed by atoms with E-state index in [-0.39, 0.29) is 11.8 Å². The van der Waals surface area contributed by atoms with Gasteiger partial charge in [0.2, 0.25) is 0 Å². The quantitative estimate of drug-likeness (QED) is 0.556. The number of carbonyl (C=O) groups excluding carboxylic acids is 1. The van der Waals surface area contributed by atoms with E-state index in [1.807, 2.05) is 27.8 Å². The van der Waals surface area contributed by atoms with Crippen molar-refractivity contribution in [2.75, 3.05) is 31.6 Å². The number of ether oxygens (including phenoxy) is 1. The molecule has 0 saturated carbocycles. The van der Waals surface area contributed by atoms with Crippen LogP contribution in [0.2, 0.25) is 0 Å². The molecule has 2 aromatic rings. The summed E-state index contributed by atoms with van der Waals surface area (Å²) in [7, 11) is 1.99. The number of nitrogens with zero attached hydrogens (tertiary/aromatic N) is 4. The van der Waals surface area contributed by atoms with Crippen molar-refractivity contribution >= 4 is 38.5 Å². The number of aromatic nitrogens is 1. The fourth-order valence-electron chi connectivity index (χ4n) is 3.27. The molecular weight excluding hydrogens is 380 g/mol. The minimum atomic E-state index is -0.476. The van der Waals surface area contributed by atoms with Crippen LogP contribution in [0, 0.1) is 16.0 Å². The molecule has 0 radical (unpaired) electrons. The average Bonchev–Trinajstić information content (AvgIpc) is 3.04. The Morgan fingerprint density at radius 1 is 1.39 bits per heavy atom. The number of nitro groups is 1. The van der Waals surface area contributed by atoms with Crippen LogP contribution in [-0.4, -0.2) is 53.2 Å². The lowest BCUT2D eigenvalue weighted by atomic mass is 9.97. The molecule has 8 nitrogen and oxygen atoms in total. The number of piperidine rings is 1. The summed E-state index contributed by atoms with van der Waals surface area (Å²) >= 11 is 1.53. The molecule has 0 bridgehead atoms. The molecule has 2 heterocycles. The summed E-state index contributed by atoms with van der Waals surface area (Å²) in [4.78, 5) is 31.1. The van der Waals surface area contributed by atoms with Crippen LogP contribution in [-0.2, 0) is 4.74 Å². The highest BCUT2D eigenvalue weighted by Gasteiger charge is 2.27. The third-order valence-electron chi connectivity index (χ3n) is 4.70. The molecule has 1 amide bonds. The van der Waals surface area contributed by atoms with Crippen LogP contribution in [0.4, 0.5) is 15.6 Å². The van der Waals surface area contributed by atoms with Gasteiger partial charge in [-0.25, -0.2) is 9.78 Å². The molecule has 0 spiro atoms. The number of likely N-dealkylation sites (tertiary alicyclic amines) is 1. The van der Waals surface area contributed by atoms with Gasteiger partial charge in [0.15, 0.2) is 5.13 Å². The van der Waals surface area contributed by atoms with Gasteiger partial charge in [0, 0.05) is 38.8 Å². The Morgan fingerprint density at radius 2 is 2.07 bits per heavy atom. The number of fused-ring (bicyclic) bond motifs is 1. The Morgan fingerprint density at radius 3 is 2.68 bits per heavy atom. The van der Waals surface area contributed by atoms with Crippen LogP contribution in [0.15, 0.2) is 18.2 Å². The average molecular weight is 407 g/mol. The summed E-state index contributed by atoms with van der Waals surface area (Å²) < 4.78 is 6.38. The molecule has 1 aromatic heterocycles. The number of nitro benzene ring substituents is 1. The molecule has 0 atom stereocenters. The second kappa shape index (κ2) is 7.90. The van der Waals surface area contributed by atoms with Gasteiger partial charge in [-0.2, -0.15) is 0 Å². The smallest absolute Gasteiger partial charge is 0.410 e. The summed E-state index contributed by atoms with van der Waals surface area (Å²) in [6.45, 7) is 7.85. The predicted molar refractivity (Wildman–Crippen MR) is 110 cm³/mol. The van der Waals surface area contributed by atoms with E-state index in [0.29, 0.717) is 24.5 Å². The molecule has 1 aliphatic heterocycles. The molecule has 0 N–H and O–H groups in total. The van der Waals surface area contributed by atoms with Crippen LogP contribution in [0.1, 0.15) is 33.6 Å². The largest absolute Gasteiger partial charge is 0.444 e. The maximum Gasteiger partial charge on any atom is 0.410 e. The second-order valence-electron chi connectivity index (χ2n) is 8.20. The number of thiazole rings is 1. The van der Waals surface area contributed by atoms with Crippen molar-refractivity contribution in [3.05, 3.63) is 28.3 Å². The highest BCUT2D eigenvalue weighted by Crippen LogP contribution is 2.31. The third kappa shape index (κ3) is 4.89. The molecule has 152 valence electrons. The van der Waals surface area contributed by atoms with E-state index < -0.39 is 10.5 Å². The highest BCUT2D eigenvalue weighted by atomic mass is 32.1. The zero-order valence-corrected chi connectivity index (χ0v) is 17.5. The zero-order chi connectivity index (χ0) is 20.5. The number of non-ortho nitro benzene ring substituents is 1. The molecule has 3 rings (SSSR count). The minimum absolute atomic E-state index is 0.0570. The maximum absolute atomic E-state index is 12.2. The Hall–Kier alpha value is -2.42. The van der Waals surface area contributed by atoms with Gasteiger partial charge in [0.25, 0.3) is 5.69 Å². The van der Waals surface area contributed by atoms with E-state index in [9.17, 15) is 14.9 Å². The first-order valence-corrected chi connectivity index (χ1v) is 10.2. The van der Waals surface area contributed by atoms with Gasteiger partial charge in [-0.15, -0.1) is 0 Å². The standard InChI is InChI=1S/C19H26N4O4S/c1-19(2,3)27-18(24)22-9-7-13(8-10-22)12-21(4)17-20-15-11-14(23(25)26)5-6-16(15)28-17/h5-6,11,13H,7-10,12H2,1-4H3. The van der Waals surface area contributed by atoms with Crippen molar-refractivity contribution in [1.82, 2.24) is 9.88 Å². The molecule has 1 fully saturated rings. The van der Waals surface area contributed by atoms with Gasteiger partial charge in [-0.05, 0) is 45.6 Å². The van der Waals surface area contributed by atoms with E-state index in [4.69, 9.17) is 4.74 Å². The van der Waals surface area contributed by atoms with Crippen molar-refractivity contribution in [2.24, 2.45) is 5.92 Å². The van der Waals surface area contributed by atoms with Crippen LogP contribution in [0.25, 0.3) is 10.2 Å². The Balaban J connectivity index is 1.57. The number of rotatable bonds is 4. The van der Waals surface area contributed by atoms with E-state index >= 15 is 0 Å². The van der Waals surface area contributed by atoms with Crippen molar-refractivity contribution in [1.29, 1.82) is 0 Å². The summed E-state index contributed by atoms with van der Waals surface area (Å²) in [5.74, 6) is 0.463. The van der Waals surface area contributed by atoms with E-state index in [2.05, 4.69) is 9.88 Å². The van der Waals surface area contributed by atoms with Crippen LogP contribution >= 0.6 is 11.3 Å². The lowest BCUT2D eigenvalue weighted by Gasteiger charge is -2.34. The van der Waals surface area contributed by atoms with E-state index in [0.717, 1.165) is 29.2 Å². The first-order valence-electron chi connectivity index (χ1n) is 9.36. The first-order chi connectivity index (χ1) is 13.1. The van der Waals surface area contributed by atoms with Gasteiger partial charge in [-0.3, -0.25) is 10.1 Å². The molecule has 28 heavy (non-hydrogen) atoms. The van der Waals surface area contributed by atoms with Crippen LogP contribution < -0.4 is 4.90 Å². The maximum atomic E-state index is 12.2. The number of carbonyl (C=O) groups is 1. The second-order valence-corrected chi connectivity index (χ2v) is 9.21. The SMILES string of the molecule is CN(CC1CCN(C(=O)OC(C)(C)C)CC1)c1nc2cc([N+](=O)[O-])ccc2s1. The lowest BCUT2D eigenvalue weighted by molar-refractivity contribution is -0.384. The summed E-state index contributed by atoms with van der Waals surface area (Å²) in [5, 5.41) is 11.8. The summed E-state index contributed by atoms with van der Waals surface area (Å²) in [5.41, 5.74) is 0.234. The molecule has 1 aliphatic rings. The summed E-state index contributed by atoms with van der Waals surface area (Å²) in [6, 6.07) is 4.78. The monoisotopic (exact) mass is 406 g/mol. The van der Waals surface area contributed by atoms with Gasteiger partial charge < -0.3 is 14.5 Å². The number of hydrogen-bond acceptors (Lipinski definition) is 7. The van der Waals surface area contributed by atoms with Crippen molar-refractivity contribution in [2.45, 2.75) is 39.2 Å². The number of anilines is 1. The van der Waals surface area contributed by atoms with E-state index in [1.54, 1.807) is 11.0 Å². The van der Waals surface area contributed by atoms with Crippen molar-refractivity contribution in [3.63, 3.8) is 0 Å². The molecule has 1 aromatic carbocycles. The third-order valence-corrected chi connectivity index (χ3v) is 5.85. The fourth-order valence-corrected chi connectivity index (χ4v) is 4.19. The highest BCUT2D eigenvalue weighted by molar-refractivity contribution is 7.22. The predicted octanol–water partition coefficient (Wildman–Crippen LogP) is 4.29. The van der Waals surface area contributed by atoms with Crippen LogP contribution in [0.5, 0.6) is 0 Å². The fraction of sp³-hybridized carbons (Fsp3) is 0.579. The molecule has 0 unspecified atom stereocenters. The zero-order valence-electron chi connectivity index (χ0n) is 16.7. The van der Waals surface area contributed by atoms with Gasteiger partial charge in [0.1, 0.15) is 5.60 Å². The molecule has 1 saturated heterocycles. The van der Waals surface area contributed by atoms with Gasteiger partial charge >= 0.3 is 6.09 Å². The lowest BCUT2D eigenvalue weighted by Crippen LogP contribution is -2.43. The van der Waals surface area contributed by atoms with E-state index in [1.165, 1.54) is 23.5 Å². The number of benzene rings is 1. The molecule has 0 aliphatic carbocycles. The van der Waals surface area contributed by atoms with Crippen molar-refractivity contribution in [3.8, 4) is 0 Å². The first kappa shape index (κ1) is 20.3. The van der Waals surface area contributed by atoms with Crippen LogP contribution in [0.3, 0.4) is 0 Å². The summed E-state index contributed by atoms with van der Waals surface area (Å²) in [6.07, 6.45) is 1.59. The van der Waals surface area contributed by atoms with Crippen molar-refractivity contribution < 1.29 is 14.5 Å². The topological polar surface area (TPSA) is 88.8 Å². The number of hydrogen-bond donors (Lipinski definition) is 0. The minimum Gasteiger partial charge on any atom is -0.444 e. The Kier molecular flexibility index (Phi) is 5.74. The number of amides is 1. The molecule has 9 heteroatoms. The Bertz CT molecular complexity index is 868. The molecular formula is C19H26N4O4S. The van der Waals surface area contributed by atoms with Gasteiger partial charge in [0.05, 0.1) is 15.1 Å².